The zero-order valence-electron chi connectivity index (χ0n) is 21.3. The normalized spacial score (nSPS) is 10.6. The minimum atomic E-state index is -0.283. The van der Waals surface area contributed by atoms with Crippen LogP contribution in [0.1, 0.15) is 49.7 Å². The van der Waals surface area contributed by atoms with Gasteiger partial charge in [0.05, 0.1) is 19.8 Å². The molecule has 0 atom stereocenters. The number of hydrogen-bond donors (Lipinski definition) is 0. The maximum atomic E-state index is 13.4. The van der Waals surface area contributed by atoms with E-state index in [1.807, 2.05) is 62.4 Å². The van der Waals surface area contributed by atoms with E-state index in [1.54, 1.807) is 4.90 Å². The zero-order valence-corrected chi connectivity index (χ0v) is 21.3. The first-order valence-corrected chi connectivity index (χ1v) is 12.5. The van der Waals surface area contributed by atoms with E-state index in [0.717, 1.165) is 18.4 Å². The van der Waals surface area contributed by atoms with Gasteiger partial charge in [-0.05, 0) is 55.7 Å². The quantitative estimate of drug-likeness (QED) is 0.327. The molecular formula is C28H35N3O5. The van der Waals surface area contributed by atoms with Gasteiger partial charge in [0, 0.05) is 19.2 Å². The summed E-state index contributed by atoms with van der Waals surface area (Å²) in [5.74, 6) is 1.84. The number of amides is 1. The smallest absolute Gasteiger partial charge is 0.274 e. The van der Waals surface area contributed by atoms with Crippen LogP contribution < -0.4 is 19.8 Å². The van der Waals surface area contributed by atoms with Gasteiger partial charge in [-0.1, -0.05) is 38.1 Å². The number of aromatic nitrogens is 2. The number of hydrogen-bond acceptors (Lipinski definition) is 6. The van der Waals surface area contributed by atoms with E-state index in [4.69, 9.17) is 14.2 Å². The average molecular weight is 494 g/mol. The minimum absolute atomic E-state index is 0.218. The molecular weight excluding hydrogens is 458 g/mol. The minimum Gasteiger partial charge on any atom is -0.492 e. The lowest BCUT2D eigenvalue weighted by atomic mass is 10.1. The van der Waals surface area contributed by atoms with E-state index in [9.17, 15) is 9.59 Å². The highest BCUT2D eigenvalue weighted by molar-refractivity contribution is 5.92. The van der Waals surface area contributed by atoms with Crippen molar-refractivity contribution in [3.8, 4) is 17.2 Å². The Morgan fingerprint density at radius 2 is 1.69 bits per heavy atom. The highest BCUT2D eigenvalue weighted by atomic mass is 16.5. The Hall–Kier alpha value is -3.81. The van der Waals surface area contributed by atoms with Crippen molar-refractivity contribution in [2.75, 3.05) is 26.4 Å². The molecule has 0 saturated carbocycles. The van der Waals surface area contributed by atoms with Gasteiger partial charge in [0.25, 0.3) is 11.5 Å². The van der Waals surface area contributed by atoms with Crippen LogP contribution in [0.5, 0.6) is 17.2 Å². The first-order chi connectivity index (χ1) is 17.5. The third kappa shape index (κ3) is 7.60. The summed E-state index contributed by atoms with van der Waals surface area (Å²) in [6.07, 6.45) is 1.69. The number of rotatable bonds is 14. The predicted molar refractivity (Wildman–Crippen MR) is 139 cm³/mol. The standard InChI is InChI=1S/C28H35N3O5/c1-4-16-30(21-22-12-14-25(36-18-5-2)26(20-22)34-6-3)28(33)24-13-15-27(32)31(29-24)17-19-35-23-10-8-7-9-11-23/h7-15,20H,4-6,16-19,21H2,1-3H3. The Morgan fingerprint density at radius 1 is 0.889 bits per heavy atom. The second kappa shape index (κ2) is 13.9. The third-order valence-electron chi connectivity index (χ3n) is 5.32. The maximum absolute atomic E-state index is 13.4. The Morgan fingerprint density at radius 3 is 2.42 bits per heavy atom. The number of para-hydroxylation sites is 1. The number of carbonyl (C=O) groups excluding carboxylic acids is 1. The molecule has 8 heteroatoms. The second-order valence-electron chi connectivity index (χ2n) is 8.23. The summed E-state index contributed by atoms with van der Waals surface area (Å²) in [6.45, 7) is 8.56. The van der Waals surface area contributed by atoms with Gasteiger partial charge in [-0.3, -0.25) is 9.59 Å². The summed E-state index contributed by atoms with van der Waals surface area (Å²) >= 11 is 0. The Balaban J connectivity index is 1.73. The van der Waals surface area contributed by atoms with Crippen molar-refractivity contribution in [3.05, 3.63) is 82.3 Å². The zero-order chi connectivity index (χ0) is 25.8. The van der Waals surface area contributed by atoms with Crippen LogP contribution in [0, 0.1) is 0 Å². The number of nitrogens with zero attached hydrogens (tertiary/aromatic N) is 3. The van der Waals surface area contributed by atoms with Crippen molar-refractivity contribution in [2.45, 2.75) is 46.7 Å². The number of ether oxygens (including phenoxy) is 3. The van der Waals surface area contributed by atoms with E-state index in [2.05, 4.69) is 12.0 Å². The largest absolute Gasteiger partial charge is 0.492 e. The summed E-state index contributed by atoms with van der Waals surface area (Å²) in [4.78, 5) is 27.4. The lowest BCUT2D eigenvalue weighted by Crippen LogP contribution is -2.34. The van der Waals surface area contributed by atoms with Crippen LogP contribution in [0.15, 0.2) is 65.5 Å². The molecule has 2 aromatic carbocycles. The molecule has 192 valence electrons. The van der Waals surface area contributed by atoms with Gasteiger partial charge in [0.2, 0.25) is 0 Å². The molecule has 0 bridgehead atoms. The van der Waals surface area contributed by atoms with Crippen LogP contribution >= 0.6 is 0 Å². The van der Waals surface area contributed by atoms with Crippen LogP contribution in [-0.2, 0) is 13.1 Å². The number of benzene rings is 2. The molecule has 0 aliphatic carbocycles. The van der Waals surface area contributed by atoms with Gasteiger partial charge in [-0.25, -0.2) is 4.68 Å². The molecule has 0 aliphatic rings. The Labute approximate surface area is 212 Å². The number of carbonyl (C=O) groups is 1. The van der Waals surface area contributed by atoms with E-state index in [1.165, 1.54) is 16.8 Å². The molecule has 0 N–H and O–H groups in total. The van der Waals surface area contributed by atoms with E-state index in [0.29, 0.717) is 43.6 Å². The van der Waals surface area contributed by atoms with Crippen molar-refractivity contribution >= 4 is 5.91 Å². The van der Waals surface area contributed by atoms with Gasteiger partial charge in [0.1, 0.15) is 18.1 Å². The fourth-order valence-electron chi connectivity index (χ4n) is 3.64. The van der Waals surface area contributed by atoms with Crippen LogP contribution in [0.3, 0.4) is 0 Å². The van der Waals surface area contributed by atoms with Gasteiger partial charge in [-0.2, -0.15) is 5.10 Å². The first-order valence-electron chi connectivity index (χ1n) is 12.5. The van der Waals surface area contributed by atoms with Crippen molar-refractivity contribution in [1.82, 2.24) is 14.7 Å². The summed E-state index contributed by atoms with van der Waals surface area (Å²) in [6, 6.07) is 18.0. The summed E-state index contributed by atoms with van der Waals surface area (Å²) in [5, 5.41) is 4.33. The molecule has 0 aliphatic heterocycles. The summed E-state index contributed by atoms with van der Waals surface area (Å²) < 4.78 is 18.5. The molecule has 0 radical (unpaired) electrons. The molecule has 3 aromatic rings. The van der Waals surface area contributed by atoms with Crippen LogP contribution in [0.4, 0.5) is 0 Å². The molecule has 0 fully saturated rings. The highest BCUT2D eigenvalue weighted by Crippen LogP contribution is 2.29. The highest BCUT2D eigenvalue weighted by Gasteiger charge is 2.19. The topological polar surface area (TPSA) is 82.9 Å². The second-order valence-corrected chi connectivity index (χ2v) is 8.23. The Kier molecular flexibility index (Phi) is 10.4. The van der Waals surface area contributed by atoms with Gasteiger partial charge in [0.15, 0.2) is 11.5 Å². The van der Waals surface area contributed by atoms with Gasteiger partial charge >= 0.3 is 0 Å². The molecule has 8 nitrogen and oxygen atoms in total. The lowest BCUT2D eigenvalue weighted by Gasteiger charge is -2.23. The van der Waals surface area contributed by atoms with E-state index in [-0.39, 0.29) is 30.3 Å². The molecule has 1 heterocycles. The average Bonchev–Trinajstić information content (AvgIpc) is 2.89. The fourth-order valence-corrected chi connectivity index (χ4v) is 3.64. The maximum Gasteiger partial charge on any atom is 0.274 e. The van der Waals surface area contributed by atoms with Crippen LogP contribution in [0.2, 0.25) is 0 Å². The lowest BCUT2D eigenvalue weighted by molar-refractivity contribution is 0.0733. The molecule has 1 amide bonds. The van der Waals surface area contributed by atoms with Crippen LogP contribution in [0.25, 0.3) is 0 Å². The predicted octanol–water partition coefficient (Wildman–Crippen LogP) is 4.56. The molecule has 0 unspecified atom stereocenters. The molecule has 0 spiro atoms. The molecule has 1 aromatic heterocycles. The molecule has 0 saturated heterocycles. The van der Waals surface area contributed by atoms with Crippen LogP contribution in [-0.4, -0.2) is 47.0 Å². The first kappa shape index (κ1) is 26.8. The van der Waals surface area contributed by atoms with E-state index < -0.39 is 0 Å². The van der Waals surface area contributed by atoms with Crippen molar-refractivity contribution < 1.29 is 19.0 Å². The summed E-state index contributed by atoms with van der Waals surface area (Å²) in [5.41, 5.74) is 0.860. The molecule has 3 rings (SSSR count). The Bertz CT molecular complexity index is 1160. The van der Waals surface area contributed by atoms with Gasteiger partial charge < -0.3 is 19.1 Å². The van der Waals surface area contributed by atoms with Crippen molar-refractivity contribution in [2.24, 2.45) is 0 Å². The SMILES string of the molecule is CCCOc1ccc(CN(CCC)C(=O)c2ccc(=O)n(CCOc3ccccc3)n2)cc1OCC. The summed E-state index contributed by atoms with van der Waals surface area (Å²) in [7, 11) is 0. The third-order valence-corrected chi connectivity index (χ3v) is 5.32. The van der Waals surface area contributed by atoms with Crippen molar-refractivity contribution in [1.29, 1.82) is 0 Å². The fraction of sp³-hybridized carbons (Fsp3) is 0.393. The van der Waals surface area contributed by atoms with Crippen molar-refractivity contribution in [3.63, 3.8) is 0 Å². The van der Waals surface area contributed by atoms with E-state index >= 15 is 0 Å². The van der Waals surface area contributed by atoms with Gasteiger partial charge in [-0.15, -0.1) is 0 Å². The molecule has 36 heavy (non-hydrogen) atoms. The monoisotopic (exact) mass is 493 g/mol.